The average Bonchev–Trinajstić information content (AvgIpc) is 3.14. The molecule has 0 bridgehead atoms. The third kappa shape index (κ3) is 4.06. The van der Waals surface area contributed by atoms with Crippen LogP contribution in [0.5, 0.6) is 5.75 Å². The van der Waals surface area contributed by atoms with E-state index in [-0.39, 0.29) is 5.78 Å². The molecule has 0 unspecified atom stereocenters. The Morgan fingerprint density at radius 2 is 1.58 bits per heavy atom. The molecule has 118 valence electrons. The quantitative estimate of drug-likeness (QED) is 0.289. The number of benzene rings is 2. The highest BCUT2D eigenvalue weighted by Gasteiger charge is 2.08. The molecule has 0 saturated heterocycles. The number of rotatable bonds is 5. The van der Waals surface area contributed by atoms with Crippen LogP contribution in [-0.2, 0) is 0 Å². The van der Waals surface area contributed by atoms with Crippen molar-refractivity contribution in [2.24, 2.45) is 0 Å². The van der Waals surface area contributed by atoms with Gasteiger partial charge in [-0.3, -0.25) is 4.79 Å². The maximum absolute atomic E-state index is 12.1. The van der Waals surface area contributed by atoms with Gasteiger partial charge in [0.25, 0.3) is 0 Å². The Kier molecular flexibility index (Phi) is 4.99. The van der Waals surface area contributed by atoms with E-state index in [4.69, 9.17) is 4.74 Å². The van der Waals surface area contributed by atoms with E-state index in [0.717, 1.165) is 4.88 Å². The number of ketones is 1. The van der Waals surface area contributed by atoms with E-state index in [1.807, 2.05) is 23.6 Å². The van der Waals surface area contributed by atoms with E-state index in [1.165, 1.54) is 6.08 Å². The highest BCUT2D eigenvalue weighted by atomic mass is 32.1. The molecule has 0 atom stereocenters. The maximum atomic E-state index is 12.1. The molecule has 0 amide bonds. The second-order valence-corrected chi connectivity index (χ2v) is 5.97. The molecule has 2 aromatic carbocycles. The summed E-state index contributed by atoms with van der Waals surface area (Å²) < 4.78 is 5.29. The minimum absolute atomic E-state index is 0.0932. The molecule has 4 heteroatoms. The van der Waals surface area contributed by atoms with Crippen molar-refractivity contribution < 1.29 is 14.3 Å². The predicted octanol–water partition coefficient (Wildman–Crippen LogP) is 4.86. The summed E-state index contributed by atoms with van der Waals surface area (Å²) in [5, 5.41) is 1.96. The minimum atomic E-state index is -0.424. The molecule has 0 aliphatic heterocycles. The highest BCUT2D eigenvalue weighted by molar-refractivity contribution is 7.10. The van der Waals surface area contributed by atoms with Gasteiger partial charge in [0.1, 0.15) is 5.75 Å². The van der Waals surface area contributed by atoms with E-state index in [9.17, 15) is 9.59 Å². The van der Waals surface area contributed by atoms with Crippen molar-refractivity contribution in [1.82, 2.24) is 0 Å². The number of hydrogen-bond acceptors (Lipinski definition) is 4. The van der Waals surface area contributed by atoms with Crippen LogP contribution in [0.1, 0.15) is 25.6 Å². The number of allylic oxidation sites excluding steroid dienone is 1. The summed E-state index contributed by atoms with van der Waals surface area (Å²) in [6.07, 6.45) is 3.33. The second-order valence-electron chi connectivity index (χ2n) is 4.99. The van der Waals surface area contributed by atoms with E-state index < -0.39 is 5.97 Å². The Bertz CT molecular complexity index is 848. The van der Waals surface area contributed by atoms with Crippen LogP contribution >= 0.6 is 11.3 Å². The summed E-state index contributed by atoms with van der Waals surface area (Å²) in [7, 11) is 0. The summed E-state index contributed by atoms with van der Waals surface area (Å²) >= 11 is 1.57. The van der Waals surface area contributed by atoms with Crippen molar-refractivity contribution in [3.05, 3.63) is 94.2 Å². The fraction of sp³-hybridized carbons (Fsp3) is 0. The molecule has 0 radical (unpaired) electrons. The smallest absolute Gasteiger partial charge is 0.343 e. The zero-order valence-electron chi connectivity index (χ0n) is 12.7. The molecule has 24 heavy (non-hydrogen) atoms. The second kappa shape index (κ2) is 7.53. The summed E-state index contributed by atoms with van der Waals surface area (Å²) in [6.45, 7) is 0. The van der Waals surface area contributed by atoms with Crippen LogP contribution in [-0.4, -0.2) is 11.8 Å². The Labute approximate surface area is 143 Å². The van der Waals surface area contributed by atoms with E-state index in [1.54, 1.807) is 65.9 Å². The Balaban J connectivity index is 1.65. The number of thiophene rings is 1. The van der Waals surface area contributed by atoms with Gasteiger partial charge in [-0.05, 0) is 60.0 Å². The first-order chi connectivity index (χ1) is 11.7. The van der Waals surface area contributed by atoms with Crippen LogP contribution in [0.2, 0.25) is 0 Å². The first kappa shape index (κ1) is 15.9. The number of hydrogen-bond donors (Lipinski definition) is 0. The Morgan fingerprint density at radius 3 is 2.25 bits per heavy atom. The molecule has 0 spiro atoms. The monoisotopic (exact) mass is 334 g/mol. The van der Waals surface area contributed by atoms with Gasteiger partial charge in [-0.1, -0.05) is 24.3 Å². The molecule has 0 aliphatic rings. The maximum Gasteiger partial charge on any atom is 0.343 e. The normalized spacial score (nSPS) is 10.7. The van der Waals surface area contributed by atoms with E-state index in [2.05, 4.69) is 0 Å². The first-order valence-corrected chi connectivity index (χ1v) is 8.23. The summed E-state index contributed by atoms with van der Waals surface area (Å²) in [4.78, 5) is 25.1. The number of carbonyl (C=O) groups is 2. The molecule has 3 aromatic rings. The van der Waals surface area contributed by atoms with Crippen LogP contribution in [0.4, 0.5) is 0 Å². The zero-order chi connectivity index (χ0) is 16.8. The van der Waals surface area contributed by atoms with Gasteiger partial charge in [0.2, 0.25) is 0 Å². The van der Waals surface area contributed by atoms with Crippen molar-refractivity contribution in [3.8, 4) is 5.75 Å². The molecule has 0 N–H and O–H groups in total. The van der Waals surface area contributed by atoms with Crippen molar-refractivity contribution >= 4 is 29.2 Å². The predicted molar refractivity (Wildman–Crippen MR) is 95.5 cm³/mol. The van der Waals surface area contributed by atoms with Gasteiger partial charge < -0.3 is 4.74 Å². The minimum Gasteiger partial charge on any atom is -0.423 e. The molecule has 3 rings (SSSR count). The van der Waals surface area contributed by atoms with Crippen molar-refractivity contribution in [3.63, 3.8) is 0 Å². The standard InChI is InChI=1S/C20H14O3S/c21-19(13-12-18-7-4-14-24-18)15-8-10-17(11-9-15)23-20(22)16-5-2-1-3-6-16/h1-14H. The van der Waals surface area contributed by atoms with Crippen molar-refractivity contribution in [2.45, 2.75) is 0 Å². The first-order valence-electron chi connectivity index (χ1n) is 7.35. The topological polar surface area (TPSA) is 43.4 Å². The SMILES string of the molecule is O=C(C=Cc1cccs1)c1ccc(OC(=O)c2ccccc2)cc1. The fourth-order valence-electron chi connectivity index (χ4n) is 2.07. The lowest BCUT2D eigenvalue weighted by Gasteiger charge is -2.04. The molecular formula is C20H14O3S. The lowest BCUT2D eigenvalue weighted by molar-refractivity contribution is 0.0734. The fourth-order valence-corrected chi connectivity index (χ4v) is 2.69. The van der Waals surface area contributed by atoms with Crippen LogP contribution in [0.25, 0.3) is 6.08 Å². The van der Waals surface area contributed by atoms with Gasteiger partial charge >= 0.3 is 5.97 Å². The van der Waals surface area contributed by atoms with Crippen LogP contribution in [0, 0.1) is 0 Å². The van der Waals surface area contributed by atoms with Gasteiger partial charge in [-0.25, -0.2) is 4.79 Å². The number of carbonyl (C=O) groups excluding carboxylic acids is 2. The third-order valence-corrected chi connectivity index (χ3v) is 4.14. The highest BCUT2D eigenvalue weighted by Crippen LogP contribution is 2.16. The molecule has 0 fully saturated rings. The molecule has 1 aromatic heterocycles. The molecule has 3 nitrogen and oxygen atoms in total. The Morgan fingerprint density at radius 1 is 0.833 bits per heavy atom. The van der Waals surface area contributed by atoms with Crippen molar-refractivity contribution in [2.75, 3.05) is 0 Å². The van der Waals surface area contributed by atoms with Gasteiger partial charge in [0.15, 0.2) is 5.78 Å². The van der Waals surface area contributed by atoms with Gasteiger partial charge in [0.05, 0.1) is 5.56 Å². The summed E-state index contributed by atoms with van der Waals surface area (Å²) in [5.41, 5.74) is 1.03. The van der Waals surface area contributed by atoms with Crippen LogP contribution < -0.4 is 4.74 Å². The lowest BCUT2D eigenvalue weighted by atomic mass is 10.1. The van der Waals surface area contributed by atoms with Crippen molar-refractivity contribution in [1.29, 1.82) is 0 Å². The Hall–Kier alpha value is -2.98. The summed E-state index contributed by atoms with van der Waals surface area (Å²) in [6, 6.07) is 19.2. The average molecular weight is 334 g/mol. The number of ether oxygens (including phenoxy) is 1. The molecule has 0 saturated carbocycles. The van der Waals surface area contributed by atoms with Gasteiger partial charge in [-0.15, -0.1) is 11.3 Å². The molecule has 0 aliphatic carbocycles. The zero-order valence-corrected chi connectivity index (χ0v) is 13.5. The molecule has 1 heterocycles. The number of esters is 1. The lowest BCUT2D eigenvalue weighted by Crippen LogP contribution is -2.08. The summed E-state index contributed by atoms with van der Waals surface area (Å²) in [5.74, 6) is -0.112. The van der Waals surface area contributed by atoms with Gasteiger partial charge in [-0.2, -0.15) is 0 Å². The molecular weight excluding hydrogens is 320 g/mol. The van der Waals surface area contributed by atoms with Gasteiger partial charge in [0, 0.05) is 10.4 Å². The largest absolute Gasteiger partial charge is 0.423 e. The third-order valence-electron chi connectivity index (χ3n) is 3.30. The van der Waals surface area contributed by atoms with E-state index in [0.29, 0.717) is 16.9 Å². The van der Waals surface area contributed by atoms with Crippen LogP contribution in [0.3, 0.4) is 0 Å². The van der Waals surface area contributed by atoms with E-state index >= 15 is 0 Å². The van der Waals surface area contributed by atoms with Crippen LogP contribution in [0.15, 0.2) is 78.2 Å².